The standard InChI is InChI=1S/C24H27N3O4/c1-3-24(18-7-5-4-6-8-18)22(29)27(23(30)25-24)16-21(28)26(19-11-12-19)15-17-9-13-20(31-2)14-10-17/h4-10,13-14,19H,3,11-12,15-16H2,1-2H3,(H,25,30)/t24-/m0/s1. The Morgan fingerprint density at radius 2 is 1.81 bits per heavy atom. The van der Waals surface area contributed by atoms with Gasteiger partial charge in [-0.25, -0.2) is 4.79 Å². The Morgan fingerprint density at radius 1 is 1.13 bits per heavy atom. The van der Waals surface area contributed by atoms with Crippen molar-refractivity contribution in [3.8, 4) is 5.75 Å². The fourth-order valence-electron chi connectivity index (χ4n) is 4.09. The lowest BCUT2D eigenvalue weighted by Crippen LogP contribution is -2.46. The molecular weight excluding hydrogens is 394 g/mol. The zero-order valence-electron chi connectivity index (χ0n) is 17.8. The first-order chi connectivity index (χ1) is 15.0. The van der Waals surface area contributed by atoms with Gasteiger partial charge in [-0.2, -0.15) is 0 Å². The van der Waals surface area contributed by atoms with Gasteiger partial charge in [-0.1, -0.05) is 49.4 Å². The minimum absolute atomic E-state index is 0.153. The Kier molecular flexibility index (Phi) is 5.67. The van der Waals surface area contributed by atoms with Gasteiger partial charge in [0.2, 0.25) is 5.91 Å². The quantitative estimate of drug-likeness (QED) is 0.665. The molecule has 162 valence electrons. The number of amides is 4. The number of benzene rings is 2. The number of rotatable bonds is 8. The Morgan fingerprint density at radius 3 is 2.39 bits per heavy atom. The second-order valence-corrected chi connectivity index (χ2v) is 8.05. The molecule has 2 aromatic rings. The van der Waals surface area contributed by atoms with Crippen LogP contribution in [0.15, 0.2) is 54.6 Å². The third-order valence-corrected chi connectivity index (χ3v) is 6.09. The highest BCUT2D eigenvalue weighted by molar-refractivity contribution is 6.09. The number of carbonyl (C=O) groups is 3. The maximum atomic E-state index is 13.3. The van der Waals surface area contributed by atoms with E-state index in [2.05, 4.69) is 5.32 Å². The molecule has 2 fully saturated rings. The van der Waals surface area contributed by atoms with Crippen molar-refractivity contribution in [1.82, 2.24) is 15.1 Å². The van der Waals surface area contributed by atoms with Crippen LogP contribution < -0.4 is 10.1 Å². The van der Waals surface area contributed by atoms with Crippen LogP contribution in [0.25, 0.3) is 0 Å². The number of carbonyl (C=O) groups excluding carboxylic acids is 3. The Labute approximate surface area is 182 Å². The van der Waals surface area contributed by atoms with Crippen LogP contribution in [0.5, 0.6) is 5.75 Å². The van der Waals surface area contributed by atoms with Crippen LogP contribution in [0.2, 0.25) is 0 Å². The predicted molar refractivity (Wildman–Crippen MR) is 115 cm³/mol. The summed E-state index contributed by atoms with van der Waals surface area (Å²) in [5.74, 6) is 0.158. The first kappa shape index (κ1) is 20.9. The monoisotopic (exact) mass is 421 g/mol. The van der Waals surface area contributed by atoms with Crippen LogP contribution in [0.1, 0.15) is 37.3 Å². The van der Waals surface area contributed by atoms with Gasteiger partial charge < -0.3 is 15.0 Å². The number of nitrogens with zero attached hydrogens (tertiary/aromatic N) is 2. The van der Waals surface area contributed by atoms with Crippen molar-refractivity contribution in [2.45, 2.75) is 44.3 Å². The van der Waals surface area contributed by atoms with Gasteiger partial charge in [-0.3, -0.25) is 14.5 Å². The topological polar surface area (TPSA) is 79.0 Å². The fourth-order valence-corrected chi connectivity index (χ4v) is 4.09. The molecule has 4 amide bonds. The van der Waals surface area contributed by atoms with Crippen molar-refractivity contribution in [3.63, 3.8) is 0 Å². The molecule has 0 aromatic heterocycles. The van der Waals surface area contributed by atoms with Gasteiger partial charge in [0.25, 0.3) is 5.91 Å². The van der Waals surface area contributed by atoms with Crippen molar-refractivity contribution in [2.75, 3.05) is 13.7 Å². The normalized spacial score (nSPS) is 20.5. The molecule has 1 aliphatic heterocycles. The largest absolute Gasteiger partial charge is 0.497 e. The number of imide groups is 1. The van der Waals surface area contributed by atoms with Crippen molar-refractivity contribution >= 4 is 17.8 Å². The van der Waals surface area contributed by atoms with E-state index < -0.39 is 11.6 Å². The average molecular weight is 421 g/mol. The smallest absolute Gasteiger partial charge is 0.325 e. The number of methoxy groups -OCH3 is 1. The summed E-state index contributed by atoms with van der Waals surface area (Å²) in [7, 11) is 1.61. The van der Waals surface area contributed by atoms with E-state index in [4.69, 9.17) is 4.74 Å². The molecule has 1 aliphatic carbocycles. The minimum atomic E-state index is -1.13. The number of urea groups is 1. The van der Waals surface area contributed by atoms with Gasteiger partial charge in [0.1, 0.15) is 17.8 Å². The summed E-state index contributed by atoms with van der Waals surface area (Å²) in [6, 6.07) is 16.4. The van der Waals surface area contributed by atoms with Crippen LogP contribution in [0.4, 0.5) is 4.79 Å². The lowest BCUT2D eigenvalue weighted by molar-refractivity contribution is -0.140. The summed E-state index contributed by atoms with van der Waals surface area (Å²) in [5, 5.41) is 2.84. The summed E-state index contributed by atoms with van der Waals surface area (Å²) in [4.78, 5) is 42.0. The summed E-state index contributed by atoms with van der Waals surface area (Å²) < 4.78 is 5.19. The number of ether oxygens (including phenoxy) is 1. The molecule has 0 radical (unpaired) electrons. The van der Waals surface area contributed by atoms with E-state index in [9.17, 15) is 14.4 Å². The molecule has 0 spiro atoms. The van der Waals surface area contributed by atoms with Gasteiger partial charge in [0.15, 0.2) is 0 Å². The Balaban J connectivity index is 1.51. The van der Waals surface area contributed by atoms with E-state index in [1.807, 2.05) is 61.5 Å². The maximum Gasteiger partial charge on any atom is 0.325 e. The van der Waals surface area contributed by atoms with Crippen molar-refractivity contribution in [2.24, 2.45) is 0 Å². The van der Waals surface area contributed by atoms with E-state index in [-0.39, 0.29) is 24.4 Å². The Bertz CT molecular complexity index is 972. The molecule has 7 heteroatoms. The number of hydrogen-bond acceptors (Lipinski definition) is 4. The highest BCUT2D eigenvalue weighted by Crippen LogP contribution is 2.33. The van der Waals surface area contributed by atoms with Crippen LogP contribution in [-0.2, 0) is 21.7 Å². The molecule has 2 aliphatic rings. The first-order valence-corrected chi connectivity index (χ1v) is 10.6. The summed E-state index contributed by atoms with van der Waals surface area (Å²) in [6.07, 6.45) is 2.28. The molecule has 1 saturated heterocycles. The predicted octanol–water partition coefficient (Wildman–Crippen LogP) is 3.04. The minimum Gasteiger partial charge on any atom is -0.497 e. The zero-order chi connectivity index (χ0) is 22.0. The molecular formula is C24H27N3O4. The summed E-state index contributed by atoms with van der Waals surface area (Å²) in [5.41, 5.74) is 0.576. The third-order valence-electron chi connectivity index (χ3n) is 6.09. The van der Waals surface area contributed by atoms with Crippen molar-refractivity contribution in [1.29, 1.82) is 0 Å². The molecule has 4 rings (SSSR count). The van der Waals surface area contributed by atoms with Crippen LogP contribution in [0, 0.1) is 0 Å². The molecule has 1 saturated carbocycles. The van der Waals surface area contributed by atoms with Crippen molar-refractivity contribution < 1.29 is 19.1 Å². The van der Waals surface area contributed by atoms with E-state index in [0.717, 1.165) is 34.6 Å². The second kappa shape index (κ2) is 8.41. The number of hydrogen-bond donors (Lipinski definition) is 1. The first-order valence-electron chi connectivity index (χ1n) is 10.6. The van der Waals surface area contributed by atoms with E-state index in [0.29, 0.717) is 13.0 Å². The van der Waals surface area contributed by atoms with Gasteiger partial charge in [0.05, 0.1) is 7.11 Å². The van der Waals surface area contributed by atoms with Gasteiger partial charge in [-0.05, 0) is 42.5 Å². The molecule has 0 unspecified atom stereocenters. The molecule has 1 N–H and O–H groups in total. The van der Waals surface area contributed by atoms with Crippen LogP contribution in [-0.4, -0.2) is 47.3 Å². The lowest BCUT2D eigenvalue weighted by Gasteiger charge is -2.27. The summed E-state index contributed by atoms with van der Waals surface area (Å²) >= 11 is 0. The van der Waals surface area contributed by atoms with Crippen LogP contribution >= 0.6 is 0 Å². The average Bonchev–Trinajstić information content (AvgIpc) is 3.61. The molecule has 1 heterocycles. The van der Waals surface area contributed by atoms with Crippen molar-refractivity contribution in [3.05, 3.63) is 65.7 Å². The second-order valence-electron chi connectivity index (χ2n) is 8.05. The molecule has 1 atom stereocenters. The zero-order valence-corrected chi connectivity index (χ0v) is 17.8. The van der Waals surface area contributed by atoms with Gasteiger partial charge in [-0.15, -0.1) is 0 Å². The van der Waals surface area contributed by atoms with Gasteiger partial charge in [0, 0.05) is 12.6 Å². The lowest BCUT2D eigenvalue weighted by atomic mass is 9.87. The van der Waals surface area contributed by atoms with E-state index in [1.54, 1.807) is 12.0 Å². The number of nitrogens with one attached hydrogen (secondary N) is 1. The summed E-state index contributed by atoms with van der Waals surface area (Å²) in [6.45, 7) is 2.04. The van der Waals surface area contributed by atoms with E-state index in [1.165, 1.54) is 0 Å². The molecule has 31 heavy (non-hydrogen) atoms. The Hall–Kier alpha value is -3.35. The highest BCUT2D eigenvalue weighted by Gasteiger charge is 2.52. The van der Waals surface area contributed by atoms with Gasteiger partial charge >= 0.3 is 6.03 Å². The highest BCUT2D eigenvalue weighted by atomic mass is 16.5. The fraction of sp³-hybridized carbons (Fsp3) is 0.375. The maximum absolute atomic E-state index is 13.3. The van der Waals surface area contributed by atoms with Crippen LogP contribution in [0.3, 0.4) is 0 Å². The third kappa shape index (κ3) is 4.00. The van der Waals surface area contributed by atoms with E-state index >= 15 is 0 Å². The molecule has 0 bridgehead atoms. The SMILES string of the molecule is CC[C@@]1(c2ccccc2)NC(=O)N(CC(=O)N(Cc2ccc(OC)cc2)C2CC2)C1=O. The molecule has 7 nitrogen and oxygen atoms in total. The molecule has 2 aromatic carbocycles.